The summed E-state index contributed by atoms with van der Waals surface area (Å²) in [6.07, 6.45) is 5.15. The van der Waals surface area contributed by atoms with Gasteiger partial charge in [0, 0.05) is 25.0 Å². The minimum absolute atomic E-state index is 0.0789. The van der Waals surface area contributed by atoms with Crippen LogP contribution in [0.4, 0.5) is 0 Å². The van der Waals surface area contributed by atoms with Gasteiger partial charge in [-0.25, -0.2) is 0 Å². The molecular formula is C15H26N2O2. The van der Waals surface area contributed by atoms with Gasteiger partial charge in [-0.3, -0.25) is 9.59 Å². The number of amides is 2. The molecule has 0 radical (unpaired) electrons. The number of rotatable bonds is 3. The second-order valence-corrected chi connectivity index (χ2v) is 6.42. The molecule has 108 valence electrons. The maximum atomic E-state index is 12.3. The molecule has 4 heteroatoms. The van der Waals surface area contributed by atoms with Crippen molar-refractivity contribution in [1.29, 1.82) is 0 Å². The van der Waals surface area contributed by atoms with Crippen molar-refractivity contribution in [3.8, 4) is 0 Å². The van der Waals surface area contributed by atoms with Crippen molar-refractivity contribution in [1.82, 2.24) is 10.2 Å². The molecule has 1 heterocycles. The Bertz CT molecular complexity index is 354. The van der Waals surface area contributed by atoms with Gasteiger partial charge < -0.3 is 10.2 Å². The lowest BCUT2D eigenvalue weighted by atomic mass is 9.85. The van der Waals surface area contributed by atoms with Crippen LogP contribution in [0.25, 0.3) is 0 Å². The molecule has 0 unspecified atom stereocenters. The largest absolute Gasteiger partial charge is 0.353 e. The maximum absolute atomic E-state index is 12.3. The minimum atomic E-state index is -0.149. The molecule has 1 aliphatic carbocycles. The molecule has 1 saturated carbocycles. The Balaban J connectivity index is 1.89. The van der Waals surface area contributed by atoms with Gasteiger partial charge in [0.25, 0.3) is 0 Å². The van der Waals surface area contributed by atoms with Gasteiger partial charge in [-0.2, -0.15) is 0 Å². The van der Waals surface area contributed by atoms with Crippen molar-refractivity contribution in [3.63, 3.8) is 0 Å². The second-order valence-electron chi connectivity index (χ2n) is 6.42. The Kier molecular flexibility index (Phi) is 4.48. The molecule has 19 heavy (non-hydrogen) atoms. The van der Waals surface area contributed by atoms with Crippen molar-refractivity contribution in [3.05, 3.63) is 0 Å². The van der Waals surface area contributed by atoms with Crippen LogP contribution in [-0.2, 0) is 9.59 Å². The lowest BCUT2D eigenvalue weighted by Crippen LogP contribution is -2.44. The molecule has 0 bridgehead atoms. The molecule has 1 aliphatic heterocycles. The molecule has 3 atom stereocenters. The number of hydrogen-bond donors (Lipinski definition) is 1. The van der Waals surface area contributed by atoms with Crippen LogP contribution in [0.3, 0.4) is 0 Å². The summed E-state index contributed by atoms with van der Waals surface area (Å²) in [4.78, 5) is 25.9. The summed E-state index contributed by atoms with van der Waals surface area (Å²) in [5, 5.41) is 3.17. The highest BCUT2D eigenvalue weighted by molar-refractivity contribution is 5.89. The molecule has 2 fully saturated rings. The van der Waals surface area contributed by atoms with E-state index in [1.165, 1.54) is 19.3 Å². The van der Waals surface area contributed by atoms with Crippen molar-refractivity contribution in [2.24, 2.45) is 11.8 Å². The molecule has 4 nitrogen and oxygen atoms in total. The molecule has 1 saturated heterocycles. The fraction of sp³-hybridized carbons (Fsp3) is 0.867. The predicted molar refractivity (Wildman–Crippen MR) is 74.5 cm³/mol. The molecule has 0 aromatic rings. The number of hydrogen-bond acceptors (Lipinski definition) is 2. The first kappa shape index (κ1) is 14.4. The third-order valence-corrected chi connectivity index (χ3v) is 4.59. The topological polar surface area (TPSA) is 49.4 Å². The summed E-state index contributed by atoms with van der Waals surface area (Å²) in [5.74, 6) is 0.613. The van der Waals surface area contributed by atoms with Crippen LogP contribution in [-0.4, -0.2) is 35.3 Å². The Morgan fingerprint density at radius 1 is 1.32 bits per heavy atom. The Morgan fingerprint density at radius 3 is 2.58 bits per heavy atom. The van der Waals surface area contributed by atoms with E-state index in [4.69, 9.17) is 0 Å². The average Bonchev–Trinajstić information content (AvgIpc) is 2.74. The first-order valence-corrected chi connectivity index (χ1v) is 7.59. The van der Waals surface area contributed by atoms with Crippen LogP contribution in [0.15, 0.2) is 0 Å². The van der Waals surface area contributed by atoms with Gasteiger partial charge in [-0.15, -0.1) is 0 Å². The van der Waals surface area contributed by atoms with Crippen molar-refractivity contribution >= 4 is 11.8 Å². The predicted octanol–water partition coefficient (Wildman–Crippen LogP) is 1.94. The van der Waals surface area contributed by atoms with Crippen LogP contribution in [0.5, 0.6) is 0 Å². The summed E-state index contributed by atoms with van der Waals surface area (Å²) in [6, 6.07) is 0.503. The SMILES string of the molecule is CC(C)N1C[C@@H](C(=O)N[C@H]2CCCC[C@H]2C)CC1=O. The van der Waals surface area contributed by atoms with Gasteiger partial charge in [0.1, 0.15) is 0 Å². The maximum Gasteiger partial charge on any atom is 0.225 e. The zero-order valence-corrected chi connectivity index (χ0v) is 12.3. The molecule has 0 aromatic carbocycles. The first-order valence-electron chi connectivity index (χ1n) is 7.59. The van der Waals surface area contributed by atoms with E-state index in [9.17, 15) is 9.59 Å². The zero-order valence-electron chi connectivity index (χ0n) is 12.3. The monoisotopic (exact) mass is 266 g/mol. The average molecular weight is 266 g/mol. The van der Waals surface area contributed by atoms with Crippen LogP contribution in [0, 0.1) is 11.8 Å². The highest BCUT2D eigenvalue weighted by Gasteiger charge is 2.36. The van der Waals surface area contributed by atoms with Gasteiger partial charge in [-0.1, -0.05) is 19.8 Å². The summed E-state index contributed by atoms with van der Waals surface area (Å²) in [6.45, 7) is 6.80. The fourth-order valence-electron chi connectivity index (χ4n) is 3.24. The van der Waals surface area contributed by atoms with E-state index >= 15 is 0 Å². The quantitative estimate of drug-likeness (QED) is 0.848. The normalized spacial score (nSPS) is 31.9. The van der Waals surface area contributed by atoms with E-state index in [0.717, 1.165) is 6.42 Å². The van der Waals surface area contributed by atoms with Crippen LogP contribution < -0.4 is 5.32 Å². The van der Waals surface area contributed by atoms with Crippen molar-refractivity contribution in [2.45, 2.75) is 65.0 Å². The van der Waals surface area contributed by atoms with E-state index in [1.54, 1.807) is 0 Å². The Labute approximate surface area is 115 Å². The van der Waals surface area contributed by atoms with E-state index < -0.39 is 0 Å². The number of nitrogens with one attached hydrogen (secondary N) is 1. The zero-order chi connectivity index (χ0) is 14.0. The van der Waals surface area contributed by atoms with E-state index in [0.29, 0.717) is 24.9 Å². The first-order chi connectivity index (χ1) is 8.99. The molecule has 0 aromatic heterocycles. The Hall–Kier alpha value is -1.06. The second kappa shape index (κ2) is 5.93. The third-order valence-electron chi connectivity index (χ3n) is 4.59. The van der Waals surface area contributed by atoms with E-state index in [2.05, 4.69) is 12.2 Å². The lowest BCUT2D eigenvalue weighted by molar-refractivity contribution is -0.130. The van der Waals surface area contributed by atoms with Gasteiger partial charge >= 0.3 is 0 Å². The molecule has 1 N–H and O–H groups in total. The van der Waals surface area contributed by atoms with E-state index in [-0.39, 0.29) is 23.8 Å². The summed E-state index contributed by atoms with van der Waals surface area (Å²) in [7, 11) is 0. The number of carbonyl (C=O) groups is 2. The summed E-state index contributed by atoms with van der Waals surface area (Å²) >= 11 is 0. The number of carbonyl (C=O) groups excluding carboxylic acids is 2. The molecule has 2 aliphatic rings. The van der Waals surface area contributed by atoms with Gasteiger partial charge in [0.2, 0.25) is 11.8 Å². The van der Waals surface area contributed by atoms with Crippen molar-refractivity contribution < 1.29 is 9.59 Å². The van der Waals surface area contributed by atoms with Gasteiger partial charge in [0.05, 0.1) is 5.92 Å². The van der Waals surface area contributed by atoms with Crippen LogP contribution in [0.2, 0.25) is 0 Å². The van der Waals surface area contributed by atoms with Crippen molar-refractivity contribution in [2.75, 3.05) is 6.54 Å². The smallest absolute Gasteiger partial charge is 0.225 e. The highest BCUT2D eigenvalue weighted by Crippen LogP contribution is 2.25. The lowest BCUT2D eigenvalue weighted by Gasteiger charge is -2.30. The minimum Gasteiger partial charge on any atom is -0.353 e. The molecule has 0 spiro atoms. The fourth-order valence-corrected chi connectivity index (χ4v) is 3.24. The number of likely N-dealkylation sites (tertiary alicyclic amines) is 1. The molecule has 2 amide bonds. The van der Waals surface area contributed by atoms with E-state index in [1.807, 2.05) is 18.7 Å². The molecule has 2 rings (SSSR count). The summed E-state index contributed by atoms with van der Waals surface area (Å²) in [5.41, 5.74) is 0. The van der Waals surface area contributed by atoms with Gasteiger partial charge in [-0.05, 0) is 32.6 Å². The number of nitrogens with zero attached hydrogens (tertiary/aromatic N) is 1. The van der Waals surface area contributed by atoms with Crippen LogP contribution in [0.1, 0.15) is 52.9 Å². The van der Waals surface area contributed by atoms with Crippen LogP contribution >= 0.6 is 0 Å². The van der Waals surface area contributed by atoms with Gasteiger partial charge in [0.15, 0.2) is 0 Å². The standard InChI is InChI=1S/C15H26N2O2/c1-10(2)17-9-12(8-14(17)18)15(19)16-13-7-5-4-6-11(13)3/h10-13H,4-9H2,1-3H3,(H,16,19)/t11-,12+,13+/m1/s1. The third kappa shape index (κ3) is 3.28. The highest BCUT2D eigenvalue weighted by atomic mass is 16.2. The molecular weight excluding hydrogens is 240 g/mol. The Morgan fingerprint density at radius 2 is 2.00 bits per heavy atom. The summed E-state index contributed by atoms with van der Waals surface area (Å²) < 4.78 is 0.